The zero-order valence-corrected chi connectivity index (χ0v) is 16.8. The summed E-state index contributed by atoms with van der Waals surface area (Å²) in [5.41, 5.74) is 3.73. The SMILES string of the molecule is Cc1cc(NC(=S)NCc2nc(-c3ccccc3)no2)ccc1N1CCCC1=O. The van der Waals surface area contributed by atoms with Gasteiger partial charge in [-0.15, -0.1) is 0 Å². The molecule has 1 aliphatic rings. The van der Waals surface area contributed by atoms with Gasteiger partial charge in [-0.1, -0.05) is 35.5 Å². The molecule has 0 bridgehead atoms. The molecule has 7 nitrogen and oxygen atoms in total. The third-order valence-electron chi connectivity index (χ3n) is 4.72. The van der Waals surface area contributed by atoms with Crippen LogP contribution in [0.1, 0.15) is 24.3 Å². The third-order valence-corrected chi connectivity index (χ3v) is 4.97. The van der Waals surface area contributed by atoms with Crippen LogP contribution in [-0.4, -0.2) is 27.7 Å². The Labute approximate surface area is 174 Å². The molecule has 0 spiro atoms. The number of aromatic nitrogens is 2. The van der Waals surface area contributed by atoms with E-state index in [2.05, 4.69) is 20.8 Å². The van der Waals surface area contributed by atoms with Crippen molar-refractivity contribution in [2.75, 3.05) is 16.8 Å². The Bertz CT molecular complexity index is 1030. The van der Waals surface area contributed by atoms with Crippen LogP contribution in [0.4, 0.5) is 11.4 Å². The van der Waals surface area contributed by atoms with Gasteiger partial charge in [0.05, 0.1) is 6.54 Å². The number of nitrogens with one attached hydrogen (secondary N) is 2. The van der Waals surface area contributed by atoms with E-state index >= 15 is 0 Å². The molecule has 1 amide bonds. The van der Waals surface area contributed by atoms with Gasteiger partial charge in [0.15, 0.2) is 5.11 Å². The monoisotopic (exact) mass is 407 g/mol. The Balaban J connectivity index is 1.34. The first-order chi connectivity index (χ1) is 14.1. The molecule has 2 N–H and O–H groups in total. The van der Waals surface area contributed by atoms with Gasteiger partial charge in [-0.2, -0.15) is 4.98 Å². The molecule has 0 aliphatic carbocycles. The summed E-state index contributed by atoms with van der Waals surface area (Å²) in [6.07, 6.45) is 1.53. The second-order valence-corrected chi connectivity index (χ2v) is 7.24. The van der Waals surface area contributed by atoms with Crippen LogP contribution in [0.3, 0.4) is 0 Å². The highest BCUT2D eigenvalue weighted by molar-refractivity contribution is 7.80. The minimum Gasteiger partial charge on any atom is -0.353 e. The van der Waals surface area contributed by atoms with Crippen LogP contribution in [0, 0.1) is 6.92 Å². The van der Waals surface area contributed by atoms with Gasteiger partial charge in [0.25, 0.3) is 0 Å². The summed E-state index contributed by atoms with van der Waals surface area (Å²) < 4.78 is 5.27. The molecule has 1 aliphatic heterocycles. The minimum absolute atomic E-state index is 0.181. The van der Waals surface area contributed by atoms with Crippen molar-refractivity contribution in [3.63, 3.8) is 0 Å². The molecule has 148 valence electrons. The lowest BCUT2D eigenvalue weighted by Crippen LogP contribution is -2.28. The van der Waals surface area contributed by atoms with Crippen molar-refractivity contribution >= 4 is 34.6 Å². The molecule has 29 heavy (non-hydrogen) atoms. The summed E-state index contributed by atoms with van der Waals surface area (Å²) in [4.78, 5) is 18.2. The number of anilines is 2. The summed E-state index contributed by atoms with van der Waals surface area (Å²) in [5, 5.41) is 10.7. The molecule has 0 atom stereocenters. The van der Waals surface area contributed by atoms with Crippen LogP contribution >= 0.6 is 12.2 Å². The lowest BCUT2D eigenvalue weighted by Gasteiger charge is -2.19. The lowest BCUT2D eigenvalue weighted by molar-refractivity contribution is -0.117. The van der Waals surface area contributed by atoms with Gasteiger partial charge in [-0.3, -0.25) is 4.79 Å². The predicted octanol–water partition coefficient (Wildman–Crippen LogP) is 3.66. The fraction of sp³-hybridized carbons (Fsp3) is 0.238. The van der Waals surface area contributed by atoms with Gasteiger partial charge in [-0.25, -0.2) is 0 Å². The number of amides is 1. The Morgan fingerprint density at radius 1 is 1.24 bits per heavy atom. The van der Waals surface area contributed by atoms with Crippen molar-refractivity contribution in [1.82, 2.24) is 15.5 Å². The second-order valence-electron chi connectivity index (χ2n) is 6.84. The molecule has 0 saturated carbocycles. The first-order valence-electron chi connectivity index (χ1n) is 9.44. The molecular weight excluding hydrogens is 386 g/mol. The molecule has 4 rings (SSSR count). The molecule has 0 radical (unpaired) electrons. The van der Waals surface area contributed by atoms with E-state index < -0.39 is 0 Å². The maximum Gasteiger partial charge on any atom is 0.246 e. The number of hydrogen-bond donors (Lipinski definition) is 2. The normalized spacial score (nSPS) is 13.6. The zero-order valence-electron chi connectivity index (χ0n) is 16.0. The maximum atomic E-state index is 12.0. The number of carbonyl (C=O) groups is 1. The van der Waals surface area contributed by atoms with E-state index in [0.717, 1.165) is 35.5 Å². The van der Waals surface area contributed by atoms with Crippen LogP contribution in [0.5, 0.6) is 0 Å². The molecule has 8 heteroatoms. The summed E-state index contributed by atoms with van der Waals surface area (Å²) in [6, 6.07) is 15.5. The number of nitrogens with zero attached hydrogens (tertiary/aromatic N) is 3. The Morgan fingerprint density at radius 3 is 2.79 bits per heavy atom. The Kier molecular flexibility index (Phi) is 5.53. The van der Waals surface area contributed by atoms with Crippen LogP contribution < -0.4 is 15.5 Å². The fourth-order valence-electron chi connectivity index (χ4n) is 3.30. The second kappa shape index (κ2) is 8.40. The molecular formula is C21H21N5O2S. The summed E-state index contributed by atoms with van der Waals surface area (Å²) in [7, 11) is 0. The van der Waals surface area contributed by atoms with Gasteiger partial charge in [-0.05, 0) is 49.3 Å². The number of rotatable bonds is 5. The zero-order chi connectivity index (χ0) is 20.2. The fourth-order valence-corrected chi connectivity index (χ4v) is 3.49. The summed E-state index contributed by atoms with van der Waals surface area (Å²) in [5.74, 6) is 1.18. The Hall–Kier alpha value is -3.26. The van der Waals surface area contributed by atoms with Crippen molar-refractivity contribution in [2.24, 2.45) is 0 Å². The average molecular weight is 407 g/mol. The molecule has 2 aromatic carbocycles. The summed E-state index contributed by atoms with van der Waals surface area (Å²) >= 11 is 5.36. The first kappa shape index (κ1) is 19.1. The molecule has 1 aromatic heterocycles. The van der Waals surface area contributed by atoms with E-state index in [1.54, 1.807) is 0 Å². The highest BCUT2D eigenvalue weighted by Crippen LogP contribution is 2.27. The maximum absolute atomic E-state index is 12.0. The van der Waals surface area contributed by atoms with Crippen LogP contribution in [0.2, 0.25) is 0 Å². The average Bonchev–Trinajstić information content (AvgIpc) is 3.36. The van der Waals surface area contributed by atoms with Crippen molar-refractivity contribution in [1.29, 1.82) is 0 Å². The number of hydrogen-bond acceptors (Lipinski definition) is 5. The van der Waals surface area contributed by atoms with Gasteiger partial charge in [0.1, 0.15) is 0 Å². The summed E-state index contributed by atoms with van der Waals surface area (Å²) in [6.45, 7) is 3.10. The number of benzene rings is 2. The molecule has 0 unspecified atom stereocenters. The largest absolute Gasteiger partial charge is 0.353 e. The standard InChI is InChI=1S/C21H21N5O2S/c1-14-12-16(9-10-17(14)26-11-5-8-19(26)27)23-21(29)22-13-18-24-20(25-28-18)15-6-3-2-4-7-15/h2-4,6-7,9-10,12H,5,8,11,13H2,1H3,(H2,22,23,29). The van der Waals surface area contributed by atoms with E-state index in [-0.39, 0.29) is 5.91 Å². The molecule has 1 fully saturated rings. The van der Waals surface area contributed by atoms with Crippen molar-refractivity contribution < 1.29 is 9.32 Å². The van der Waals surface area contributed by atoms with Gasteiger partial charge < -0.3 is 20.1 Å². The third kappa shape index (κ3) is 4.43. The molecule has 2 heterocycles. The van der Waals surface area contributed by atoms with Gasteiger partial charge in [0, 0.05) is 29.9 Å². The van der Waals surface area contributed by atoms with E-state index in [0.29, 0.717) is 29.8 Å². The number of carbonyl (C=O) groups excluding carboxylic acids is 1. The van der Waals surface area contributed by atoms with Crippen LogP contribution in [-0.2, 0) is 11.3 Å². The first-order valence-corrected chi connectivity index (χ1v) is 9.85. The van der Waals surface area contributed by atoms with Crippen molar-refractivity contribution in [3.8, 4) is 11.4 Å². The van der Waals surface area contributed by atoms with Crippen molar-refractivity contribution in [2.45, 2.75) is 26.3 Å². The number of aryl methyl sites for hydroxylation is 1. The number of thiocarbonyl (C=S) groups is 1. The van der Waals surface area contributed by atoms with E-state index in [9.17, 15) is 4.79 Å². The quantitative estimate of drug-likeness (QED) is 0.625. The minimum atomic E-state index is 0.181. The molecule has 1 saturated heterocycles. The smallest absolute Gasteiger partial charge is 0.246 e. The Morgan fingerprint density at radius 2 is 2.07 bits per heavy atom. The molecule has 3 aromatic rings. The van der Waals surface area contributed by atoms with Crippen LogP contribution in [0.25, 0.3) is 11.4 Å². The van der Waals surface area contributed by atoms with E-state index in [1.165, 1.54) is 0 Å². The van der Waals surface area contributed by atoms with Crippen molar-refractivity contribution in [3.05, 3.63) is 60.0 Å². The highest BCUT2D eigenvalue weighted by Gasteiger charge is 2.22. The van der Waals surface area contributed by atoms with Crippen LogP contribution in [0.15, 0.2) is 53.1 Å². The topological polar surface area (TPSA) is 83.3 Å². The lowest BCUT2D eigenvalue weighted by atomic mass is 10.1. The van der Waals surface area contributed by atoms with E-state index in [4.69, 9.17) is 16.7 Å². The van der Waals surface area contributed by atoms with Gasteiger partial charge in [0.2, 0.25) is 17.6 Å². The highest BCUT2D eigenvalue weighted by atomic mass is 32.1. The van der Waals surface area contributed by atoms with E-state index in [1.807, 2.05) is 60.4 Å². The predicted molar refractivity (Wildman–Crippen MR) is 116 cm³/mol. The van der Waals surface area contributed by atoms with Gasteiger partial charge >= 0.3 is 0 Å².